The smallest absolute Gasteiger partial charge is 0.207 e. The van der Waals surface area contributed by atoms with E-state index in [1.807, 2.05) is 37.3 Å². The van der Waals surface area contributed by atoms with E-state index in [4.69, 9.17) is 0 Å². The molecule has 0 N–H and O–H groups in total. The molecule has 120 valence electrons. The molecule has 0 saturated carbocycles. The first-order chi connectivity index (χ1) is 10.9. The fourth-order valence-electron chi connectivity index (χ4n) is 2.16. The zero-order chi connectivity index (χ0) is 16.9. The van der Waals surface area contributed by atoms with Crippen molar-refractivity contribution in [3.63, 3.8) is 0 Å². The van der Waals surface area contributed by atoms with Crippen LogP contribution in [0, 0.1) is 6.92 Å². The van der Waals surface area contributed by atoms with Crippen LogP contribution in [0.25, 0.3) is 0 Å². The van der Waals surface area contributed by atoms with E-state index >= 15 is 0 Å². The molecule has 2 aromatic rings. The first-order valence-electron chi connectivity index (χ1n) is 7.34. The van der Waals surface area contributed by atoms with Crippen molar-refractivity contribution >= 4 is 10.0 Å². The lowest BCUT2D eigenvalue weighted by Crippen LogP contribution is -2.32. The summed E-state index contributed by atoms with van der Waals surface area (Å²) in [6, 6.07) is 16.4. The maximum absolute atomic E-state index is 12.9. The largest absolute Gasteiger partial charge is 0.243 e. The van der Waals surface area contributed by atoms with Crippen molar-refractivity contribution in [3.8, 4) is 0 Å². The molecule has 0 heterocycles. The van der Waals surface area contributed by atoms with Gasteiger partial charge in [-0.2, -0.15) is 4.31 Å². The van der Waals surface area contributed by atoms with Gasteiger partial charge in [0.1, 0.15) is 0 Å². The molecule has 3 nitrogen and oxygen atoms in total. The summed E-state index contributed by atoms with van der Waals surface area (Å²) in [6.45, 7) is 9.96. The molecule has 0 bridgehead atoms. The minimum absolute atomic E-state index is 0.217. The van der Waals surface area contributed by atoms with Gasteiger partial charge in [0.15, 0.2) is 0 Å². The van der Waals surface area contributed by atoms with E-state index in [9.17, 15) is 8.42 Å². The summed E-state index contributed by atoms with van der Waals surface area (Å²) in [5.41, 5.74) is 2.62. The van der Waals surface area contributed by atoms with E-state index in [0.717, 1.165) is 11.1 Å². The predicted molar refractivity (Wildman–Crippen MR) is 94.6 cm³/mol. The highest BCUT2D eigenvalue weighted by atomic mass is 32.2. The van der Waals surface area contributed by atoms with Gasteiger partial charge in [-0.05, 0) is 30.2 Å². The second kappa shape index (κ2) is 7.40. The molecule has 0 aliphatic carbocycles. The summed E-state index contributed by atoms with van der Waals surface area (Å²) in [5, 5.41) is 0. The van der Waals surface area contributed by atoms with E-state index in [2.05, 4.69) is 13.2 Å². The first-order valence-corrected chi connectivity index (χ1v) is 8.78. The molecule has 0 spiro atoms. The van der Waals surface area contributed by atoms with E-state index < -0.39 is 10.0 Å². The molecule has 0 radical (unpaired) electrons. The zero-order valence-corrected chi connectivity index (χ0v) is 14.1. The van der Waals surface area contributed by atoms with Crippen LogP contribution >= 0.6 is 0 Å². The number of hydrogen-bond acceptors (Lipinski definition) is 2. The molecule has 0 amide bonds. The average molecular weight is 327 g/mol. The molecular weight excluding hydrogens is 306 g/mol. The van der Waals surface area contributed by atoms with Gasteiger partial charge in [0.25, 0.3) is 0 Å². The Balaban J connectivity index is 2.36. The van der Waals surface area contributed by atoms with Crippen molar-refractivity contribution in [2.75, 3.05) is 6.54 Å². The lowest BCUT2D eigenvalue weighted by atomic mass is 10.2. The van der Waals surface area contributed by atoms with E-state index in [1.165, 1.54) is 4.31 Å². The van der Waals surface area contributed by atoms with Gasteiger partial charge in [0.2, 0.25) is 10.0 Å². The summed E-state index contributed by atoms with van der Waals surface area (Å²) in [6.07, 6.45) is 1.59. The third-order valence-electron chi connectivity index (χ3n) is 3.53. The standard InChI is InChI=1S/C19H21NO2S/c1-4-16(2)14-20(15-18-8-6-5-7-9-18)23(21,22)19-12-10-17(3)11-13-19/h4-13H,1-2,14-15H2,3H3. The number of hydrogen-bond donors (Lipinski definition) is 0. The number of sulfonamides is 1. The van der Waals surface area contributed by atoms with Gasteiger partial charge in [0.05, 0.1) is 4.90 Å². The summed E-state index contributed by atoms with van der Waals surface area (Å²) >= 11 is 0. The quantitative estimate of drug-likeness (QED) is 0.723. The van der Waals surface area contributed by atoms with Gasteiger partial charge in [-0.25, -0.2) is 8.42 Å². The average Bonchev–Trinajstić information content (AvgIpc) is 2.55. The summed E-state index contributed by atoms with van der Waals surface area (Å²) in [4.78, 5) is 0.288. The van der Waals surface area contributed by atoms with Crippen LogP contribution in [0.5, 0.6) is 0 Å². The third kappa shape index (κ3) is 4.41. The maximum Gasteiger partial charge on any atom is 0.243 e. The molecule has 0 aliphatic rings. The minimum Gasteiger partial charge on any atom is -0.207 e. The predicted octanol–water partition coefficient (Wildman–Crippen LogP) is 3.93. The molecule has 0 fully saturated rings. The van der Waals surface area contributed by atoms with Crippen LogP contribution in [0.4, 0.5) is 0 Å². The van der Waals surface area contributed by atoms with Crippen molar-refractivity contribution in [2.45, 2.75) is 18.4 Å². The Morgan fingerprint density at radius 2 is 1.70 bits per heavy atom. The molecule has 2 rings (SSSR count). The Kier molecular flexibility index (Phi) is 5.53. The summed E-state index contributed by atoms with van der Waals surface area (Å²) in [5.74, 6) is 0. The Morgan fingerprint density at radius 3 is 2.26 bits per heavy atom. The minimum atomic E-state index is -3.60. The molecule has 0 unspecified atom stereocenters. The monoisotopic (exact) mass is 327 g/mol. The van der Waals surface area contributed by atoms with Crippen molar-refractivity contribution in [2.24, 2.45) is 0 Å². The molecule has 2 aromatic carbocycles. The second-order valence-corrected chi connectivity index (χ2v) is 7.37. The molecule has 0 saturated heterocycles. The Labute approximate surface area is 138 Å². The highest BCUT2D eigenvalue weighted by Gasteiger charge is 2.24. The van der Waals surface area contributed by atoms with E-state index in [-0.39, 0.29) is 11.4 Å². The molecule has 0 aromatic heterocycles. The summed E-state index contributed by atoms with van der Waals surface area (Å²) < 4.78 is 27.3. The van der Waals surface area contributed by atoms with Crippen LogP contribution in [0.3, 0.4) is 0 Å². The lowest BCUT2D eigenvalue weighted by Gasteiger charge is -2.22. The van der Waals surface area contributed by atoms with Gasteiger partial charge in [0, 0.05) is 13.1 Å². The first kappa shape index (κ1) is 17.2. The van der Waals surface area contributed by atoms with Gasteiger partial charge in [-0.1, -0.05) is 67.3 Å². The Bertz CT molecular complexity index is 778. The van der Waals surface area contributed by atoms with Crippen LogP contribution < -0.4 is 0 Å². The van der Waals surface area contributed by atoms with Crippen LogP contribution in [-0.4, -0.2) is 19.3 Å². The van der Waals surface area contributed by atoms with Gasteiger partial charge >= 0.3 is 0 Å². The highest BCUT2D eigenvalue weighted by Crippen LogP contribution is 2.20. The van der Waals surface area contributed by atoms with Crippen molar-refractivity contribution < 1.29 is 8.42 Å². The van der Waals surface area contributed by atoms with E-state index in [1.54, 1.807) is 30.3 Å². The van der Waals surface area contributed by atoms with Gasteiger partial charge < -0.3 is 0 Å². The lowest BCUT2D eigenvalue weighted by molar-refractivity contribution is 0.434. The second-order valence-electron chi connectivity index (χ2n) is 5.43. The molecule has 0 aliphatic heterocycles. The van der Waals surface area contributed by atoms with E-state index in [0.29, 0.717) is 12.1 Å². The number of rotatable bonds is 7. The van der Waals surface area contributed by atoms with Crippen LogP contribution in [0.1, 0.15) is 11.1 Å². The van der Waals surface area contributed by atoms with Crippen molar-refractivity contribution in [1.82, 2.24) is 4.31 Å². The van der Waals surface area contributed by atoms with Gasteiger partial charge in [-0.15, -0.1) is 0 Å². The van der Waals surface area contributed by atoms with Crippen LogP contribution in [0.15, 0.2) is 84.3 Å². The topological polar surface area (TPSA) is 37.4 Å². The maximum atomic E-state index is 12.9. The number of nitrogens with zero attached hydrogens (tertiary/aromatic N) is 1. The molecular formula is C19H21NO2S. The van der Waals surface area contributed by atoms with Crippen LogP contribution in [0.2, 0.25) is 0 Å². The number of aryl methyl sites for hydroxylation is 1. The molecule has 23 heavy (non-hydrogen) atoms. The fraction of sp³-hybridized carbons (Fsp3) is 0.158. The Hall–Kier alpha value is -2.17. The number of benzene rings is 2. The highest BCUT2D eigenvalue weighted by molar-refractivity contribution is 7.89. The normalized spacial score (nSPS) is 11.4. The zero-order valence-electron chi connectivity index (χ0n) is 13.3. The molecule has 4 heteroatoms. The van der Waals surface area contributed by atoms with Crippen molar-refractivity contribution in [1.29, 1.82) is 0 Å². The SMILES string of the molecule is C=CC(=C)CN(Cc1ccccc1)S(=O)(=O)c1ccc(C)cc1. The Morgan fingerprint density at radius 1 is 1.09 bits per heavy atom. The summed E-state index contributed by atoms with van der Waals surface area (Å²) in [7, 11) is -3.60. The van der Waals surface area contributed by atoms with Gasteiger partial charge in [-0.3, -0.25) is 0 Å². The third-order valence-corrected chi connectivity index (χ3v) is 5.33. The van der Waals surface area contributed by atoms with Crippen LogP contribution in [-0.2, 0) is 16.6 Å². The fourth-order valence-corrected chi connectivity index (χ4v) is 3.60. The molecule has 0 atom stereocenters. The van der Waals surface area contributed by atoms with Crippen molar-refractivity contribution in [3.05, 3.63) is 90.5 Å².